The van der Waals surface area contributed by atoms with E-state index in [0.717, 1.165) is 30.8 Å². The smallest absolute Gasteiger partial charge is 0.289 e. The number of hydrogen-bond donors (Lipinski definition) is 1. The summed E-state index contributed by atoms with van der Waals surface area (Å²) in [4.78, 5) is 34.0. The highest BCUT2D eigenvalue weighted by Gasteiger charge is 2.35. The van der Waals surface area contributed by atoms with Gasteiger partial charge in [0.05, 0.1) is 6.04 Å². The number of hydrogen-bond acceptors (Lipinski definition) is 5. The molecule has 2 amide bonds. The topological polar surface area (TPSA) is 78.7 Å². The standard InChI is InChI=1S/C22H28N4O3/c1-2-18-5-6-20(29-18)22(28)25-11-7-16(8-12-25)21(27)26-13-10-24-15-19(26)17-4-3-9-23-14-17/h3-6,9,14,16,19,24H,2,7-8,10-13,15H2,1H3. The number of furan rings is 1. The molecule has 1 unspecified atom stereocenters. The minimum Gasteiger partial charge on any atom is -0.456 e. The molecule has 0 aliphatic carbocycles. The summed E-state index contributed by atoms with van der Waals surface area (Å²) in [7, 11) is 0. The number of rotatable bonds is 4. The van der Waals surface area contributed by atoms with E-state index >= 15 is 0 Å². The highest BCUT2D eigenvalue weighted by molar-refractivity contribution is 5.91. The third kappa shape index (κ3) is 4.19. The van der Waals surface area contributed by atoms with Gasteiger partial charge in [-0.1, -0.05) is 13.0 Å². The number of carbonyl (C=O) groups is 2. The summed E-state index contributed by atoms with van der Waals surface area (Å²) in [6, 6.07) is 7.56. The molecule has 0 saturated carbocycles. The van der Waals surface area contributed by atoms with Gasteiger partial charge in [0.25, 0.3) is 5.91 Å². The molecule has 1 N–H and O–H groups in total. The first kappa shape index (κ1) is 19.6. The first-order valence-electron chi connectivity index (χ1n) is 10.5. The lowest BCUT2D eigenvalue weighted by molar-refractivity contribution is -0.140. The Labute approximate surface area is 171 Å². The fourth-order valence-corrected chi connectivity index (χ4v) is 4.24. The summed E-state index contributed by atoms with van der Waals surface area (Å²) in [5.41, 5.74) is 1.06. The van der Waals surface area contributed by atoms with Crippen LogP contribution < -0.4 is 5.32 Å². The lowest BCUT2D eigenvalue weighted by atomic mass is 9.93. The van der Waals surface area contributed by atoms with Crippen LogP contribution in [0.4, 0.5) is 0 Å². The van der Waals surface area contributed by atoms with Gasteiger partial charge < -0.3 is 19.5 Å². The number of piperidine rings is 1. The molecule has 29 heavy (non-hydrogen) atoms. The van der Waals surface area contributed by atoms with Crippen LogP contribution in [0, 0.1) is 5.92 Å². The number of pyridine rings is 1. The first-order valence-corrected chi connectivity index (χ1v) is 10.5. The molecule has 154 valence electrons. The van der Waals surface area contributed by atoms with Gasteiger partial charge >= 0.3 is 0 Å². The van der Waals surface area contributed by atoms with Crippen LogP contribution in [0.3, 0.4) is 0 Å². The number of carbonyl (C=O) groups excluding carboxylic acids is 2. The lowest BCUT2D eigenvalue weighted by Gasteiger charge is -2.40. The Hall–Kier alpha value is -2.67. The van der Waals surface area contributed by atoms with E-state index in [-0.39, 0.29) is 23.8 Å². The van der Waals surface area contributed by atoms with Crippen LogP contribution in [-0.4, -0.2) is 59.3 Å². The maximum Gasteiger partial charge on any atom is 0.289 e. The Balaban J connectivity index is 1.38. The fraction of sp³-hybridized carbons (Fsp3) is 0.500. The zero-order valence-electron chi connectivity index (χ0n) is 16.8. The van der Waals surface area contributed by atoms with Crippen LogP contribution in [0.15, 0.2) is 41.1 Å². The van der Waals surface area contributed by atoms with E-state index in [9.17, 15) is 9.59 Å². The van der Waals surface area contributed by atoms with Crippen molar-refractivity contribution < 1.29 is 14.0 Å². The Morgan fingerprint density at radius 1 is 1.21 bits per heavy atom. The number of nitrogens with one attached hydrogen (secondary N) is 1. The van der Waals surface area contributed by atoms with Crippen LogP contribution >= 0.6 is 0 Å². The molecule has 2 fully saturated rings. The van der Waals surface area contributed by atoms with Crippen LogP contribution in [0.2, 0.25) is 0 Å². The molecule has 1 atom stereocenters. The number of piperazine rings is 1. The van der Waals surface area contributed by atoms with Crippen molar-refractivity contribution in [3.8, 4) is 0 Å². The fourth-order valence-electron chi connectivity index (χ4n) is 4.24. The quantitative estimate of drug-likeness (QED) is 0.858. The molecular formula is C22H28N4O3. The Morgan fingerprint density at radius 2 is 2.03 bits per heavy atom. The number of aryl methyl sites for hydroxylation is 1. The maximum atomic E-state index is 13.3. The molecule has 2 saturated heterocycles. The minimum atomic E-state index is -0.0778. The van der Waals surface area contributed by atoms with Crippen LogP contribution in [0.1, 0.15) is 47.7 Å². The van der Waals surface area contributed by atoms with E-state index < -0.39 is 0 Å². The van der Waals surface area contributed by atoms with Gasteiger partial charge in [-0.15, -0.1) is 0 Å². The van der Waals surface area contributed by atoms with Crippen molar-refractivity contribution in [2.75, 3.05) is 32.7 Å². The van der Waals surface area contributed by atoms with Gasteiger partial charge in [-0.05, 0) is 36.6 Å². The molecular weight excluding hydrogens is 368 g/mol. The van der Waals surface area contributed by atoms with Gasteiger partial charge in [-0.2, -0.15) is 0 Å². The normalized spacial score (nSPS) is 20.7. The summed E-state index contributed by atoms with van der Waals surface area (Å²) < 4.78 is 5.60. The van der Waals surface area contributed by atoms with Crippen molar-refractivity contribution >= 4 is 11.8 Å². The Morgan fingerprint density at radius 3 is 2.72 bits per heavy atom. The minimum absolute atomic E-state index is 0.0141. The predicted octanol–water partition coefficient (Wildman–Crippen LogP) is 2.26. The summed E-state index contributed by atoms with van der Waals surface area (Å²) >= 11 is 0. The second-order valence-electron chi connectivity index (χ2n) is 7.72. The third-order valence-corrected chi connectivity index (χ3v) is 5.95. The van der Waals surface area contributed by atoms with Crippen molar-refractivity contribution in [1.82, 2.24) is 20.1 Å². The Bertz CT molecular complexity index is 843. The molecule has 0 aromatic carbocycles. The molecule has 7 heteroatoms. The molecule has 0 radical (unpaired) electrons. The molecule has 2 aromatic rings. The van der Waals surface area contributed by atoms with Crippen LogP contribution in [-0.2, 0) is 11.2 Å². The molecule has 2 aromatic heterocycles. The monoisotopic (exact) mass is 396 g/mol. The summed E-state index contributed by atoms with van der Waals surface area (Å²) in [5.74, 6) is 1.28. The van der Waals surface area contributed by atoms with Gasteiger partial charge in [0, 0.05) is 57.5 Å². The van der Waals surface area contributed by atoms with E-state index in [4.69, 9.17) is 4.42 Å². The molecule has 4 heterocycles. The molecule has 2 aliphatic heterocycles. The second kappa shape index (κ2) is 8.78. The number of aromatic nitrogens is 1. The average Bonchev–Trinajstić information content (AvgIpc) is 3.28. The predicted molar refractivity (Wildman–Crippen MR) is 108 cm³/mol. The largest absolute Gasteiger partial charge is 0.456 e. The van der Waals surface area contributed by atoms with E-state index in [0.29, 0.717) is 38.2 Å². The highest BCUT2D eigenvalue weighted by atomic mass is 16.4. The van der Waals surface area contributed by atoms with E-state index in [2.05, 4.69) is 10.3 Å². The molecule has 0 spiro atoms. The zero-order valence-corrected chi connectivity index (χ0v) is 16.8. The SMILES string of the molecule is CCc1ccc(C(=O)N2CCC(C(=O)N3CCNCC3c3cccnc3)CC2)o1. The van der Waals surface area contributed by atoms with E-state index in [1.807, 2.05) is 36.2 Å². The van der Waals surface area contributed by atoms with Gasteiger partial charge in [0.15, 0.2) is 5.76 Å². The van der Waals surface area contributed by atoms with Crippen LogP contribution in [0.25, 0.3) is 0 Å². The van der Waals surface area contributed by atoms with E-state index in [1.165, 1.54) is 0 Å². The molecule has 2 aliphatic rings. The highest BCUT2D eigenvalue weighted by Crippen LogP contribution is 2.28. The van der Waals surface area contributed by atoms with Crippen molar-refractivity contribution in [1.29, 1.82) is 0 Å². The maximum absolute atomic E-state index is 13.3. The molecule has 4 rings (SSSR count). The lowest BCUT2D eigenvalue weighted by Crippen LogP contribution is -2.52. The zero-order chi connectivity index (χ0) is 20.2. The van der Waals surface area contributed by atoms with Gasteiger partial charge in [-0.25, -0.2) is 0 Å². The van der Waals surface area contributed by atoms with Crippen molar-refractivity contribution in [2.24, 2.45) is 5.92 Å². The first-order chi connectivity index (χ1) is 14.2. The summed E-state index contributed by atoms with van der Waals surface area (Å²) in [6.07, 6.45) is 5.74. The number of amides is 2. The van der Waals surface area contributed by atoms with E-state index in [1.54, 1.807) is 17.2 Å². The number of nitrogens with zero attached hydrogens (tertiary/aromatic N) is 3. The van der Waals surface area contributed by atoms with Crippen molar-refractivity contribution in [3.63, 3.8) is 0 Å². The van der Waals surface area contributed by atoms with Crippen molar-refractivity contribution in [2.45, 2.75) is 32.2 Å². The van der Waals surface area contributed by atoms with Crippen molar-refractivity contribution in [3.05, 3.63) is 53.7 Å². The molecule has 7 nitrogen and oxygen atoms in total. The number of likely N-dealkylation sites (tertiary alicyclic amines) is 1. The summed E-state index contributed by atoms with van der Waals surface area (Å²) in [5, 5.41) is 3.38. The van der Waals surface area contributed by atoms with Gasteiger partial charge in [0.1, 0.15) is 5.76 Å². The second-order valence-corrected chi connectivity index (χ2v) is 7.72. The third-order valence-electron chi connectivity index (χ3n) is 5.95. The van der Waals surface area contributed by atoms with Crippen LogP contribution in [0.5, 0.6) is 0 Å². The van der Waals surface area contributed by atoms with Gasteiger partial charge in [-0.3, -0.25) is 14.6 Å². The Kier molecular flexibility index (Phi) is 5.94. The van der Waals surface area contributed by atoms with Gasteiger partial charge in [0.2, 0.25) is 5.91 Å². The average molecular weight is 396 g/mol. The summed E-state index contributed by atoms with van der Waals surface area (Å²) in [6.45, 7) is 5.41. The molecule has 0 bridgehead atoms.